The van der Waals surface area contributed by atoms with Gasteiger partial charge in [-0.1, -0.05) is 6.92 Å². The molecular weight excluding hydrogens is 168 g/mol. The average molecular weight is 186 g/mol. The summed E-state index contributed by atoms with van der Waals surface area (Å²) in [5, 5.41) is 3.24. The van der Waals surface area contributed by atoms with Gasteiger partial charge in [-0.05, 0) is 19.5 Å². The van der Waals surface area contributed by atoms with Gasteiger partial charge >= 0.3 is 0 Å². The molecule has 0 bridgehead atoms. The number of hydrogen-bond acceptors (Lipinski definition) is 3. The number of amides is 1. The number of ether oxygens (including phenoxy) is 1. The highest BCUT2D eigenvalue weighted by Gasteiger charge is 2.18. The summed E-state index contributed by atoms with van der Waals surface area (Å²) >= 11 is 0. The summed E-state index contributed by atoms with van der Waals surface area (Å²) in [6, 6.07) is 0. The zero-order valence-corrected chi connectivity index (χ0v) is 8.16. The Morgan fingerprint density at radius 2 is 2.54 bits per heavy atom. The monoisotopic (exact) mass is 186 g/mol. The van der Waals surface area contributed by atoms with Gasteiger partial charge in [0.2, 0.25) is 6.41 Å². The molecule has 1 aliphatic rings. The standard InChI is InChI=1S/C9H18N2O2/c1-2-10-4-3-9-7-11(8-12)5-6-13-9/h8-10H,2-7H2,1H3/t9-/m0/s1. The van der Waals surface area contributed by atoms with Gasteiger partial charge in [0.25, 0.3) is 0 Å². The molecule has 0 spiro atoms. The van der Waals surface area contributed by atoms with Crippen molar-refractivity contribution in [2.24, 2.45) is 0 Å². The summed E-state index contributed by atoms with van der Waals surface area (Å²) < 4.78 is 5.52. The van der Waals surface area contributed by atoms with E-state index in [1.807, 2.05) is 0 Å². The van der Waals surface area contributed by atoms with Crippen molar-refractivity contribution in [3.63, 3.8) is 0 Å². The summed E-state index contributed by atoms with van der Waals surface area (Å²) in [6.45, 7) is 6.20. The van der Waals surface area contributed by atoms with Crippen LogP contribution in [0.15, 0.2) is 0 Å². The van der Waals surface area contributed by atoms with E-state index in [1.165, 1.54) is 0 Å². The maximum absolute atomic E-state index is 10.5. The lowest BCUT2D eigenvalue weighted by atomic mass is 10.2. The first-order valence-electron chi connectivity index (χ1n) is 4.88. The Hall–Kier alpha value is -0.610. The van der Waals surface area contributed by atoms with Gasteiger partial charge in [-0.15, -0.1) is 0 Å². The van der Waals surface area contributed by atoms with Crippen molar-refractivity contribution in [1.82, 2.24) is 10.2 Å². The molecule has 0 unspecified atom stereocenters. The lowest BCUT2D eigenvalue weighted by Crippen LogP contribution is -2.42. The minimum Gasteiger partial charge on any atom is -0.374 e. The average Bonchev–Trinajstić information content (AvgIpc) is 2.19. The van der Waals surface area contributed by atoms with Gasteiger partial charge in [-0.25, -0.2) is 0 Å². The quantitative estimate of drug-likeness (QED) is 0.479. The maximum Gasteiger partial charge on any atom is 0.209 e. The number of carbonyl (C=O) groups is 1. The summed E-state index contributed by atoms with van der Waals surface area (Å²) in [6.07, 6.45) is 2.11. The van der Waals surface area contributed by atoms with Crippen LogP contribution in [-0.2, 0) is 9.53 Å². The van der Waals surface area contributed by atoms with E-state index < -0.39 is 0 Å². The fourth-order valence-corrected chi connectivity index (χ4v) is 1.45. The van der Waals surface area contributed by atoms with E-state index in [9.17, 15) is 4.79 Å². The number of morpholine rings is 1. The van der Waals surface area contributed by atoms with Crippen LogP contribution in [-0.4, -0.2) is 50.2 Å². The number of nitrogens with one attached hydrogen (secondary N) is 1. The molecule has 1 N–H and O–H groups in total. The van der Waals surface area contributed by atoms with Crippen molar-refractivity contribution < 1.29 is 9.53 Å². The molecule has 4 heteroatoms. The van der Waals surface area contributed by atoms with E-state index in [-0.39, 0.29) is 6.10 Å². The maximum atomic E-state index is 10.5. The minimum atomic E-state index is 0.220. The van der Waals surface area contributed by atoms with Gasteiger partial charge in [0.15, 0.2) is 0 Å². The first-order valence-corrected chi connectivity index (χ1v) is 4.88. The number of carbonyl (C=O) groups excluding carboxylic acids is 1. The van der Waals surface area contributed by atoms with Crippen LogP contribution >= 0.6 is 0 Å². The normalized spacial score (nSPS) is 23.2. The third-order valence-electron chi connectivity index (χ3n) is 2.21. The van der Waals surface area contributed by atoms with Crippen molar-refractivity contribution in [3.05, 3.63) is 0 Å². The van der Waals surface area contributed by atoms with Crippen LogP contribution in [0.1, 0.15) is 13.3 Å². The van der Waals surface area contributed by atoms with Gasteiger partial charge < -0.3 is 15.0 Å². The van der Waals surface area contributed by atoms with Crippen molar-refractivity contribution in [2.75, 3.05) is 32.8 Å². The molecule has 0 aromatic carbocycles. The van der Waals surface area contributed by atoms with Crippen molar-refractivity contribution in [2.45, 2.75) is 19.4 Å². The molecule has 0 aliphatic carbocycles. The SMILES string of the molecule is CCNCC[C@H]1CN(C=O)CCO1. The second kappa shape index (κ2) is 5.94. The Labute approximate surface area is 79.2 Å². The molecule has 0 aromatic heterocycles. The van der Waals surface area contributed by atoms with Crippen LogP contribution in [0.4, 0.5) is 0 Å². The van der Waals surface area contributed by atoms with Crippen LogP contribution in [0.25, 0.3) is 0 Å². The molecule has 4 nitrogen and oxygen atoms in total. The Kier molecular flexibility index (Phi) is 4.78. The Morgan fingerprint density at radius 1 is 1.69 bits per heavy atom. The van der Waals surface area contributed by atoms with Gasteiger partial charge in [0, 0.05) is 13.1 Å². The fraction of sp³-hybridized carbons (Fsp3) is 0.889. The Morgan fingerprint density at radius 3 is 3.23 bits per heavy atom. The van der Waals surface area contributed by atoms with Crippen LogP contribution in [0.3, 0.4) is 0 Å². The molecular formula is C9H18N2O2. The lowest BCUT2D eigenvalue weighted by molar-refractivity contribution is -0.125. The highest BCUT2D eigenvalue weighted by molar-refractivity contribution is 5.47. The second-order valence-electron chi connectivity index (χ2n) is 3.24. The van der Waals surface area contributed by atoms with Gasteiger partial charge in [0.05, 0.1) is 12.7 Å². The molecule has 0 aromatic rings. The predicted octanol–water partition coefficient (Wildman–Crippen LogP) is -0.157. The molecule has 76 valence electrons. The van der Waals surface area contributed by atoms with E-state index in [0.717, 1.165) is 39.0 Å². The number of hydrogen-bond donors (Lipinski definition) is 1. The zero-order valence-electron chi connectivity index (χ0n) is 8.16. The van der Waals surface area contributed by atoms with Crippen LogP contribution in [0, 0.1) is 0 Å². The zero-order chi connectivity index (χ0) is 9.52. The molecule has 1 fully saturated rings. The van der Waals surface area contributed by atoms with E-state index in [4.69, 9.17) is 4.74 Å². The van der Waals surface area contributed by atoms with Crippen LogP contribution in [0.5, 0.6) is 0 Å². The topological polar surface area (TPSA) is 41.6 Å². The van der Waals surface area contributed by atoms with E-state index >= 15 is 0 Å². The highest BCUT2D eigenvalue weighted by Crippen LogP contribution is 2.05. The van der Waals surface area contributed by atoms with Gasteiger partial charge in [0.1, 0.15) is 0 Å². The second-order valence-corrected chi connectivity index (χ2v) is 3.24. The van der Waals surface area contributed by atoms with Crippen molar-refractivity contribution in [3.8, 4) is 0 Å². The summed E-state index contributed by atoms with van der Waals surface area (Å²) in [5.41, 5.74) is 0. The van der Waals surface area contributed by atoms with Gasteiger partial charge in [-0.2, -0.15) is 0 Å². The van der Waals surface area contributed by atoms with Crippen molar-refractivity contribution >= 4 is 6.41 Å². The molecule has 1 saturated heterocycles. The molecule has 13 heavy (non-hydrogen) atoms. The minimum absolute atomic E-state index is 0.220. The molecule has 1 amide bonds. The predicted molar refractivity (Wildman–Crippen MR) is 50.5 cm³/mol. The van der Waals surface area contributed by atoms with E-state index in [0.29, 0.717) is 6.61 Å². The number of nitrogens with zero attached hydrogens (tertiary/aromatic N) is 1. The molecule has 1 atom stereocenters. The van der Waals surface area contributed by atoms with Crippen molar-refractivity contribution in [1.29, 1.82) is 0 Å². The van der Waals surface area contributed by atoms with E-state index in [2.05, 4.69) is 12.2 Å². The largest absolute Gasteiger partial charge is 0.374 e. The molecule has 0 saturated carbocycles. The Balaban J connectivity index is 2.14. The highest BCUT2D eigenvalue weighted by atomic mass is 16.5. The third-order valence-corrected chi connectivity index (χ3v) is 2.21. The van der Waals surface area contributed by atoms with Crippen LogP contribution < -0.4 is 5.32 Å². The Bertz CT molecular complexity index is 153. The van der Waals surface area contributed by atoms with E-state index in [1.54, 1.807) is 4.90 Å². The molecule has 1 heterocycles. The molecule has 1 aliphatic heterocycles. The summed E-state index contributed by atoms with van der Waals surface area (Å²) in [4.78, 5) is 12.3. The third kappa shape index (κ3) is 3.74. The fourth-order valence-electron chi connectivity index (χ4n) is 1.45. The summed E-state index contributed by atoms with van der Waals surface area (Å²) in [5.74, 6) is 0. The smallest absolute Gasteiger partial charge is 0.209 e. The first-order chi connectivity index (χ1) is 6.36. The van der Waals surface area contributed by atoms with Crippen LogP contribution in [0.2, 0.25) is 0 Å². The van der Waals surface area contributed by atoms with Gasteiger partial charge in [-0.3, -0.25) is 4.79 Å². The molecule has 0 radical (unpaired) electrons. The number of rotatable bonds is 5. The summed E-state index contributed by atoms with van der Waals surface area (Å²) in [7, 11) is 0. The molecule has 1 rings (SSSR count). The lowest BCUT2D eigenvalue weighted by Gasteiger charge is -2.30. The first kappa shape index (κ1) is 10.5.